The second-order valence-electron chi connectivity index (χ2n) is 4.76. The minimum atomic E-state index is 0.0726. The van der Waals surface area contributed by atoms with Crippen LogP contribution in [-0.2, 0) is 11.3 Å². The first-order valence-corrected chi connectivity index (χ1v) is 6.27. The van der Waals surface area contributed by atoms with Crippen LogP contribution in [0.1, 0.15) is 25.3 Å². The zero-order chi connectivity index (χ0) is 12.1. The van der Waals surface area contributed by atoms with Gasteiger partial charge in [0.25, 0.3) is 0 Å². The summed E-state index contributed by atoms with van der Waals surface area (Å²) in [7, 11) is 0. The Labute approximate surface area is 103 Å². The number of rotatable bonds is 6. The van der Waals surface area contributed by atoms with Gasteiger partial charge in [0.05, 0.1) is 0 Å². The fourth-order valence-corrected chi connectivity index (χ4v) is 2.06. The lowest BCUT2D eigenvalue weighted by Gasteiger charge is -2.17. The molecule has 17 heavy (non-hydrogen) atoms. The minimum absolute atomic E-state index is 0.0726. The van der Waals surface area contributed by atoms with Crippen LogP contribution >= 0.6 is 0 Å². The lowest BCUT2D eigenvalue weighted by Crippen LogP contribution is -2.42. The Morgan fingerprint density at radius 1 is 1.35 bits per heavy atom. The van der Waals surface area contributed by atoms with Crippen molar-refractivity contribution in [1.82, 2.24) is 10.6 Å². The van der Waals surface area contributed by atoms with E-state index < -0.39 is 0 Å². The standard InChI is InChI=1S/C14H20N2O/c1-11(17)16-14(13-7-8-13)10-15-9-12-5-3-2-4-6-12/h2-6,13-15H,7-10H2,1H3,(H,16,17). The molecule has 0 aliphatic heterocycles. The molecule has 0 radical (unpaired) electrons. The highest BCUT2D eigenvalue weighted by molar-refractivity contribution is 5.73. The summed E-state index contributed by atoms with van der Waals surface area (Å²) in [6.07, 6.45) is 2.50. The Hall–Kier alpha value is -1.35. The van der Waals surface area contributed by atoms with E-state index in [1.165, 1.54) is 18.4 Å². The molecule has 1 aromatic carbocycles. The number of nitrogens with one attached hydrogen (secondary N) is 2. The molecule has 92 valence electrons. The third kappa shape index (κ3) is 4.19. The molecule has 0 spiro atoms. The quantitative estimate of drug-likeness (QED) is 0.783. The number of carbonyl (C=O) groups excluding carboxylic acids is 1. The van der Waals surface area contributed by atoms with Gasteiger partial charge in [-0.2, -0.15) is 0 Å². The summed E-state index contributed by atoms with van der Waals surface area (Å²) in [4.78, 5) is 11.1. The van der Waals surface area contributed by atoms with Gasteiger partial charge in [-0.05, 0) is 24.3 Å². The van der Waals surface area contributed by atoms with Gasteiger partial charge in [0.1, 0.15) is 0 Å². The molecule has 1 aliphatic rings. The number of hydrogen-bond donors (Lipinski definition) is 2. The molecule has 1 aliphatic carbocycles. The molecule has 1 saturated carbocycles. The van der Waals surface area contributed by atoms with E-state index in [4.69, 9.17) is 0 Å². The number of amides is 1. The van der Waals surface area contributed by atoms with Crippen molar-refractivity contribution in [1.29, 1.82) is 0 Å². The van der Waals surface area contributed by atoms with E-state index in [-0.39, 0.29) is 5.91 Å². The van der Waals surface area contributed by atoms with Crippen molar-refractivity contribution in [2.75, 3.05) is 6.54 Å². The van der Waals surface area contributed by atoms with Gasteiger partial charge in [-0.15, -0.1) is 0 Å². The molecular formula is C14H20N2O. The Morgan fingerprint density at radius 2 is 2.06 bits per heavy atom. The van der Waals surface area contributed by atoms with Crippen LogP contribution < -0.4 is 10.6 Å². The summed E-state index contributed by atoms with van der Waals surface area (Å²) < 4.78 is 0. The molecule has 3 nitrogen and oxygen atoms in total. The highest BCUT2D eigenvalue weighted by Gasteiger charge is 2.31. The largest absolute Gasteiger partial charge is 0.352 e. The Bertz CT molecular complexity index is 360. The van der Waals surface area contributed by atoms with Gasteiger partial charge >= 0.3 is 0 Å². The van der Waals surface area contributed by atoms with Crippen molar-refractivity contribution in [2.24, 2.45) is 5.92 Å². The van der Waals surface area contributed by atoms with Crippen LogP contribution in [0.4, 0.5) is 0 Å². The van der Waals surface area contributed by atoms with Gasteiger partial charge in [-0.3, -0.25) is 4.79 Å². The fraction of sp³-hybridized carbons (Fsp3) is 0.500. The molecule has 3 heteroatoms. The molecular weight excluding hydrogens is 212 g/mol. The lowest BCUT2D eigenvalue weighted by atomic mass is 10.1. The molecule has 0 bridgehead atoms. The van der Waals surface area contributed by atoms with E-state index in [2.05, 4.69) is 22.8 Å². The van der Waals surface area contributed by atoms with E-state index >= 15 is 0 Å². The fourth-order valence-electron chi connectivity index (χ4n) is 2.06. The average Bonchev–Trinajstić information content (AvgIpc) is 3.12. The topological polar surface area (TPSA) is 41.1 Å². The van der Waals surface area contributed by atoms with E-state index in [1.807, 2.05) is 18.2 Å². The van der Waals surface area contributed by atoms with Crippen LogP contribution in [0.3, 0.4) is 0 Å². The molecule has 2 N–H and O–H groups in total. The molecule has 1 amide bonds. The summed E-state index contributed by atoms with van der Waals surface area (Å²) in [5.74, 6) is 0.755. The van der Waals surface area contributed by atoms with Gasteiger partial charge in [0.2, 0.25) is 5.91 Å². The van der Waals surface area contributed by atoms with Crippen LogP contribution in [0.2, 0.25) is 0 Å². The average molecular weight is 232 g/mol. The van der Waals surface area contributed by atoms with Gasteiger partial charge in [0, 0.05) is 26.1 Å². The first-order chi connectivity index (χ1) is 8.25. The Kier molecular flexibility index (Phi) is 4.15. The smallest absolute Gasteiger partial charge is 0.217 e. The van der Waals surface area contributed by atoms with E-state index in [1.54, 1.807) is 6.92 Å². The molecule has 0 heterocycles. The summed E-state index contributed by atoms with van der Waals surface area (Å²) >= 11 is 0. The predicted molar refractivity (Wildman–Crippen MR) is 68.5 cm³/mol. The monoisotopic (exact) mass is 232 g/mol. The maximum absolute atomic E-state index is 11.1. The summed E-state index contributed by atoms with van der Waals surface area (Å²) in [6, 6.07) is 10.6. The van der Waals surface area contributed by atoms with Crippen LogP contribution in [0.25, 0.3) is 0 Å². The van der Waals surface area contributed by atoms with Gasteiger partial charge in [-0.25, -0.2) is 0 Å². The molecule has 1 aromatic rings. The van der Waals surface area contributed by atoms with E-state index in [0.717, 1.165) is 13.1 Å². The van der Waals surface area contributed by atoms with Gasteiger partial charge in [-0.1, -0.05) is 30.3 Å². The van der Waals surface area contributed by atoms with Crippen LogP contribution in [-0.4, -0.2) is 18.5 Å². The minimum Gasteiger partial charge on any atom is -0.352 e. The van der Waals surface area contributed by atoms with Crippen LogP contribution in [0.15, 0.2) is 30.3 Å². The number of carbonyl (C=O) groups is 1. The van der Waals surface area contributed by atoms with E-state index in [0.29, 0.717) is 12.0 Å². The Morgan fingerprint density at radius 3 is 2.65 bits per heavy atom. The molecule has 0 saturated heterocycles. The maximum Gasteiger partial charge on any atom is 0.217 e. The zero-order valence-electron chi connectivity index (χ0n) is 10.3. The number of hydrogen-bond acceptors (Lipinski definition) is 2. The summed E-state index contributed by atoms with van der Waals surface area (Å²) in [5, 5.41) is 6.44. The second-order valence-corrected chi connectivity index (χ2v) is 4.76. The highest BCUT2D eigenvalue weighted by Crippen LogP contribution is 2.32. The second kappa shape index (κ2) is 5.82. The highest BCUT2D eigenvalue weighted by atomic mass is 16.1. The van der Waals surface area contributed by atoms with E-state index in [9.17, 15) is 4.79 Å². The molecule has 1 fully saturated rings. The number of benzene rings is 1. The molecule has 1 atom stereocenters. The molecule has 2 rings (SSSR count). The zero-order valence-corrected chi connectivity index (χ0v) is 10.3. The first-order valence-electron chi connectivity index (χ1n) is 6.27. The van der Waals surface area contributed by atoms with Crippen molar-refractivity contribution < 1.29 is 4.79 Å². The van der Waals surface area contributed by atoms with Crippen LogP contribution in [0, 0.1) is 5.92 Å². The van der Waals surface area contributed by atoms with Crippen molar-refractivity contribution in [3.8, 4) is 0 Å². The Balaban J connectivity index is 1.74. The summed E-state index contributed by atoms with van der Waals surface area (Å²) in [5.41, 5.74) is 1.28. The van der Waals surface area contributed by atoms with Crippen molar-refractivity contribution in [3.05, 3.63) is 35.9 Å². The first kappa shape index (κ1) is 12.1. The van der Waals surface area contributed by atoms with Crippen molar-refractivity contribution in [3.63, 3.8) is 0 Å². The van der Waals surface area contributed by atoms with Crippen molar-refractivity contribution >= 4 is 5.91 Å². The van der Waals surface area contributed by atoms with Gasteiger partial charge in [0.15, 0.2) is 0 Å². The third-order valence-electron chi connectivity index (χ3n) is 3.12. The lowest BCUT2D eigenvalue weighted by molar-refractivity contribution is -0.119. The van der Waals surface area contributed by atoms with Gasteiger partial charge < -0.3 is 10.6 Å². The SMILES string of the molecule is CC(=O)NC(CNCc1ccccc1)C1CC1. The molecule has 0 aromatic heterocycles. The van der Waals surface area contributed by atoms with Crippen LogP contribution in [0.5, 0.6) is 0 Å². The third-order valence-corrected chi connectivity index (χ3v) is 3.12. The predicted octanol–water partition coefficient (Wildman–Crippen LogP) is 1.69. The maximum atomic E-state index is 11.1. The van der Waals surface area contributed by atoms with Crippen molar-refractivity contribution in [2.45, 2.75) is 32.4 Å². The summed E-state index contributed by atoms with van der Waals surface area (Å²) in [6.45, 7) is 3.31. The molecule has 1 unspecified atom stereocenters. The normalized spacial score (nSPS) is 16.5.